The number of nitrogens with two attached hydrogens (primary N) is 1. The summed E-state index contributed by atoms with van der Waals surface area (Å²) in [6.07, 6.45) is 4.58. The Morgan fingerprint density at radius 1 is 1.37 bits per heavy atom. The molecule has 1 saturated heterocycles. The Kier molecular flexibility index (Phi) is 5.79. The Bertz CT molecular complexity index is 805. The standard InChI is InChI=1S/C19H29N3O4S/c1-19(12-20)9-10-22(13-19)18(23)14-7-8-16(26-2)17(11-14)27(24,25)21-15-5-3-4-6-15/h7-8,11,15,21H,3-6,9-10,12-13,20H2,1-2H3. The molecule has 1 heterocycles. The molecule has 1 aliphatic carbocycles. The fourth-order valence-corrected chi connectivity index (χ4v) is 5.39. The number of amides is 1. The van der Waals surface area contributed by atoms with Gasteiger partial charge >= 0.3 is 0 Å². The fourth-order valence-electron chi connectivity index (χ4n) is 3.89. The van der Waals surface area contributed by atoms with Gasteiger partial charge in [0.25, 0.3) is 5.91 Å². The van der Waals surface area contributed by atoms with Gasteiger partial charge in [-0.25, -0.2) is 13.1 Å². The Labute approximate surface area is 161 Å². The van der Waals surface area contributed by atoms with Crippen molar-refractivity contribution in [3.8, 4) is 5.75 Å². The summed E-state index contributed by atoms with van der Waals surface area (Å²) in [7, 11) is -2.33. The number of likely N-dealkylation sites (tertiary alicyclic amines) is 1. The lowest BCUT2D eigenvalue weighted by atomic mass is 9.90. The molecule has 1 aromatic carbocycles. The number of rotatable bonds is 6. The highest BCUT2D eigenvalue weighted by molar-refractivity contribution is 7.89. The highest BCUT2D eigenvalue weighted by Crippen LogP contribution is 2.31. The van der Waals surface area contributed by atoms with E-state index in [1.165, 1.54) is 13.2 Å². The molecule has 3 N–H and O–H groups in total. The topological polar surface area (TPSA) is 102 Å². The van der Waals surface area contributed by atoms with E-state index in [0.29, 0.717) is 25.2 Å². The molecule has 8 heteroatoms. The maximum atomic E-state index is 12.9. The number of carbonyl (C=O) groups excluding carboxylic acids is 1. The number of sulfonamides is 1. The molecule has 27 heavy (non-hydrogen) atoms. The molecular formula is C19H29N3O4S. The van der Waals surface area contributed by atoms with Gasteiger partial charge in [0.1, 0.15) is 10.6 Å². The van der Waals surface area contributed by atoms with Crippen molar-refractivity contribution in [3.05, 3.63) is 23.8 Å². The maximum absolute atomic E-state index is 12.9. The van der Waals surface area contributed by atoms with Crippen LogP contribution >= 0.6 is 0 Å². The average Bonchev–Trinajstić information content (AvgIpc) is 3.30. The van der Waals surface area contributed by atoms with Gasteiger partial charge in [0.05, 0.1) is 7.11 Å². The predicted molar refractivity (Wildman–Crippen MR) is 103 cm³/mol. The van der Waals surface area contributed by atoms with Gasteiger partial charge in [-0.3, -0.25) is 4.79 Å². The molecule has 150 valence electrons. The summed E-state index contributed by atoms with van der Waals surface area (Å²) in [5, 5.41) is 0. The number of benzene rings is 1. The summed E-state index contributed by atoms with van der Waals surface area (Å²) in [5.74, 6) is 0.0670. The van der Waals surface area contributed by atoms with Crippen molar-refractivity contribution in [2.24, 2.45) is 11.1 Å². The molecule has 1 amide bonds. The number of methoxy groups -OCH3 is 1. The first-order valence-corrected chi connectivity index (χ1v) is 11.0. The van der Waals surface area contributed by atoms with Gasteiger partial charge in [-0.1, -0.05) is 19.8 Å². The van der Waals surface area contributed by atoms with Crippen LogP contribution in [0.1, 0.15) is 49.4 Å². The van der Waals surface area contributed by atoms with Crippen LogP contribution in [0.25, 0.3) is 0 Å². The van der Waals surface area contributed by atoms with Crippen LogP contribution in [0.2, 0.25) is 0 Å². The van der Waals surface area contributed by atoms with Crippen LogP contribution in [0.5, 0.6) is 5.75 Å². The highest BCUT2D eigenvalue weighted by atomic mass is 32.2. The lowest BCUT2D eigenvalue weighted by Gasteiger charge is -2.23. The predicted octanol–water partition coefficient (Wildman–Crippen LogP) is 1.73. The minimum atomic E-state index is -3.76. The van der Waals surface area contributed by atoms with E-state index in [0.717, 1.165) is 32.1 Å². The van der Waals surface area contributed by atoms with Crippen LogP contribution in [-0.4, -0.2) is 52.0 Å². The van der Waals surface area contributed by atoms with Crippen molar-refractivity contribution in [2.75, 3.05) is 26.7 Å². The number of nitrogens with one attached hydrogen (secondary N) is 1. The minimum absolute atomic E-state index is 0.0172. The Balaban J connectivity index is 1.86. The molecule has 0 radical (unpaired) electrons. The summed E-state index contributed by atoms with van der Waals surface area (Å²) < 4.78 is 33.8. The van der Waals surface area contributed by atoms with Gasteiger partial charge in [0.2, 0.25) is 10.0 Å². The Morgan fingerprint density at radius 3 is 2.67 bits per heavy atom. The van der Waals surface area contributed by atoms with Gasteiger partial charge in [0, 0.05) is 24.7 Å². The van der Waals surface area contributed by atoms with Crippen molar-refractivity contribution in [3.63, 3.8) is 0 Å². The molecule has 0 bridgehead atoms. The molecule has 0 aromatic heterocycles. The monoisotopic (exact) mass is 395 g/mol. The van der Waals surface area contributed by atoms with Gasteiger partial charge in [-0.05, 0) is 49.4 Å². The van der Waals surface area contributed by atoms with Crippen LogP contribution in [0.15, 0.2) is 23.1 Å². The Morgan fingerprint density at radius 2 is 2.07 bits per heavy atom. The summed E-state index contributed by atoms with van der Waals surface area (Å²) >= 11 is 0. The molecule has 1 unspecified atom stereocenters. The molecular weight excluding hydrogens is 366 g/mol. The smallest absolute Gasteiger partial charge is 0.253 e. The molecule has 2 fully saturated rings. The molecule has 1 aromatic rings. The van der Waals surface area contributed by atoms with E-state index in [-0.39, 0.29) is 28.0 Å². The van der Waals surface area contributed by atoms with Crippen molar-refractivity contribution < 1.29 is 17.9 Å². The number of hydrogen-bond acceptors (Lipinski definition) is 5. The van der Waals surface area contributed by atoms with Crippen LogP contribution < -0.4 is 15.2 Å². The van der Waals surface area contributed by atoms with Crippen molar-refractivity contribution in [1.82, 2.24) is 9.62 Å². The van der Waals surface area contributed by atoms with Gasteiger partial charge in [-0.2, -0.15) is 0 Å². The normalized spacial score (nSPS) is 23.7. The van der Waals surface area contributed by atoms with Crippen LogP contribution in [0, 0.1) is 5.41 Å². The van der Waals surface area contributed by atoms with E-state index >= 15 is 0 Å². The van der Waals surface area contributed by atoms with Crippen LogP contribution in [0.4, 0.5) is 0 Å². The summed E-state index contributed by atoms with van der Waals surface area (Å²) in [5.41, 5.74) is 6.09. The zero-order valence-corrected chi connectivity index (χ0v) is 16.8. The number of nitrogens with zero attached hydrogens (tertiary/aromatic N) is 1. The van der Waals surface area contributed by atoms with Crippen molar-refractivity contribution in [2.45, 2.75) is 50.0 Å². The molecule has 0 spiro atoms. The third-order valence-electron chi connectivity index (χ3n) is 5.71. The van der Waals surface area contributed by atoms with Crippen LogP contribution in [0.3, 0.4) is 0 Å². The SMILES string of the molecule is COc1ccc(C(=O)N2CCC(C)(CN)C2)cc1S(=O)(=O)NC1CCCC1. The second kappa shape index (κ2) is 7.77. The second-order valence-electron chi connectivity index (χ2n) is 7.96. The average molecular weight is 396 g/mol. The van der Waals surface area contributed by atoms with Crippen molar-refractivity contribution in [1.29, 1.82) is 0 Å². The molecule has 1 aliphatic heterocycles. The van der Waals surface area contributed by atoms with Crippen LogP contribution in [-0.2, 0) is 10.0 Å². The quantitative estimate of drug-likeness (QED) is 0.764. The zero-order chi connectivity index (χ0) is 19.7. The minimum Gasteiger partial charge on any atom is -0.495 e. The maximum Gasteiger partial charge on any atom is 0.253 e. The van der Waals surface area contributed by atoms with Crippen molar-refractivity contribution >= 4 is 15.9 Å². The summed E-state index contributed by atoms with van der Waals surface area (Å²) in [6, 6.07) is 4.54. The lowest BCUT2D eigenvalue weighted by molar-refractivity contribution is 0.0776. The van der Waals surface area contributed by atoms with Gasteiger partial charge in [-0.15, -0.1) is 0 Å². The van der Waals surface area contributed by atoms with E-state index < -0.39 is 10.0 Å². The van der Waals surface area contributed by atoms with E-state index in [1.807, 2.05) is 0 Å². The Hall–Kier alpha value is -1.64. The first-order chi connectivity index (χ1) is 12.8. The molecule has 3 rings (SSSR count). The molecule has 7 nitrogen and oxygen atoms in total. The zero-order valence-electron chi connectivity index (χ0n) is 16.0. The third kappa shape index (κ3) is 4.28. The molecule has 1 saturated carbocycles. The number of carbonyl (C=O) groups is 1. The first kappa shape index (κ1) is 20.1. The van der Waals surface area contributed by atoms with E-state index in [1.54, 1.807) is 17.0 Å². The van der Waals surface area contributed by atoms with Gasteiger partial charge < -0.3 is 15.4 Å². The summed E-state index contributed by atoms with van der Waals surface area (Å²) in [6.45, 7) is 3.79. The number of hydrogen-bond donors (Lipinski definition) is 2. The third-order valence-corrected chi connectivity index (χ3v) is 7.26. The molecule has 2 aliphatic rings. The van der Waals surface area contributed by atoms with Gasteiger partial charge in [0.15, 0.2) is 0 Å². The molecule has 1 atom stereocenters. The highest BCUT2D eigenvalue weighted by Gasteiger charge is 2.36. The number of ether oxygens (including phenoxy) is 1. The first-order valence-electron chi connectivity index (χ1n) is 9.48. The summed E-state index contributed by atoms with van der Waals surface area (Å²) in [4.78, 5) is 14.7. The second-order valence-corrected chi connectivity index (χ2v) is 9.64. The largest absolute Gasteiger partial charge is 0.495 e. The van der Waals surface area contributed by atoms with E-state index in [4.69, 9.17) is 10.5 Å². The van der Waals surface area contributed by atoms with E-state index in [2.05, 4.69) is 11.6 Å². The lowest BCUT2D eigenvalue weighted by Crippen LogP contribution is -2.35. The fraction of sp³-hybridized carbons (Fsp3) is 0.632. The van der Waals surface area contributed by atoms with E-state index in [9.17, 15) is 13.2 Å².